The zero-order valence-electron chi connectivity index (χ0n) is 7.04. The summed E-state index contributed by atoms with van der Waals surface area (Å²) >= 11 is 0. The lowest BCUT2D eigenvalue weighted by Gasteiger charge is -2.08. The molecular formula is C10H12O2. The second-order valence-electron chi connectivity index (χ2n) is 2.75. The first-order chi connectivity index (χ1) is 5.66. The Hall–Kier alpha value is -1.28. The first-order valence-electron chi connectivity index (χ1n) is 3.74. The molecule has 2 heteroatoms. The van der Waals surface area contributed by atoms with Gasteiger partial charge in [0.2, 0.25) is 0 Å². The van der Waals surface area contributed by atoms with Crippen molar-refractivity contribution in [2.45, 2.75) is 13.5 Å². The van der Waals surface area contributed by atoms with Crippen LogP contribution in [-0.2, 0) is 6.61 Å². The molecule has 12 heavy (non-hydrogen) atoms. The Balaban J connectivity index is 3.29. The topological polar surface area (TPSA) is 40.5 Å². The molecule has 0 atom stereocenters. The summed E-state index contributed by atoms with van der Waals surface area (Å²) in [5, 5.41) is 18.4. The maximum absolute atomic E-state index is 9.42. The van der Waals surface area contributed by atoms with Gasteiger partial charge < -0.3 is 10.2 Å². The minimum atomic E-state index is -0.0728. The summed E-state index contributed by atoms with van der Waals surface area (Å²) in [6.45, 7) is 5.45. The summed E-state index contributed by atoms with van der Waals surface area (Å²) in [5.41, 5.74) is 2.12. The Bertz CT molecular complexity index is 303. The number of aromatic hydroxyl groups is 1. The molecular weight excluding hydrogens is 152 g/mol. The molecule has 1 aromatic rings. The molecule has 2 N–H and O–H groups in total. The van der Waals surface area contributed by atoms with Crippen LogP contribution in [0.1, 0.15) is 18.1 Å². The number of hydrogen-bond donors (Lipinski definition) is 2. The van der Waals surface area contributed by atoms with Crippen molar-refractivity contribution in [2.24, 2.45) is 0 Å². The first kappa shape index (κ1) is 8.81. The van der Waals surface area contributed by atoms with Crippen molar-refractivity contribution in [3.05, 3.63) is 35.9 Å². The Labute approximate surface area is 71.8 Å². The molecule has 0 aliphatic carbocycles. The SMILES string of the molecule is C=C(C)c1c(O)cccc1CO. The van der Waals surface area contributed by atoms with Crippen LogP contribution in [0.2, 0.25) is 0 Å². The molecule has 1 rings (SSSR count). The van der Waals surface area contributed by atoms with E-state index < -0.39 is 0 Å². The third-order valence-corrected chi connectivity index (χ3v) is 1.73. The van der Waals surface area contributed by atoms with Gasteiger partial charge in [0.05, 0.1) is 6.61 Å². The van der Waals surface area contributed by atoms with Crippen molar-refractivity contribution in [3.63, 3.8) is 0 Å². The number of benzene rings is 1. The average molecular weight is 164 g/mol. The minimum absolute atomic E-state index is 0.0728. The molecule has 0 amide bonds. The molecule has 0 aliphatic rings. The van der Waals surface area contributed by atoms with Crippen molar-refractivity contribution < 1.29 is 10.2 Å². The average Bonchev–Trinajstić information content (AvgIpc) is 2.03. The lowest BCUT2D eigenvalue weighted by Crippen LogP contribution is -1.91. The van der Waals surface area contributed by atoms with Gasteiger partial charge in [0.1, 0.15) is 5.75 Å². The second kappa shape index (κ2) is 3.41. The Morgan fingerprint density at radius 3 is 2.58 bits per heavy atom. The smallest absolute Gasteiger partial charge is 0.123 e. The van der Waals surface area contributed by atoms with E-state index in [0.29, 0.717) is 11.1 Å². The van der Waals surface area contributed by atoms with Crippen LogP contribution in [0, 0.1) is 0 Å². The van der Waals surface area contributed by atoms with E-state index in [1.165, 1.54) is 0 Å². The van der Waals surface area contributed by atoms with Crippen LogP contribution < -0.4 is 0 Å². The first-order valence-corrected chi connectivity index (χ1v) is 3.74. The van der Waals surface area contributed by atoms with E-state index in [9.17, 15) is 5.11 Å². The highest BCUT2D eigenvalue weighted by Gasteiger charge is 2.06. The van der Waals surface area contributed by atoms with E-state index >= 15 is 0 Å². The van der Waals surface area contributed by atoms with Crippen molar-refractivity contribution in [1.29, 1.82) is 0 Å². The van der Waals surface area contributed by atoms with Crippen molar-refractivity contribution in [2.75, 3.05) is 0 Å². The summed E-state index contributed by atoms with van der Waals surface area (Å²) < 4.78 is 0. The largest absolute Gasteiger partial charge is 0.507 e. The lowest BCUT2D eigenvalue weighted by molar-refractivity contribution is 0.281. The van der Waals surface area contributed by atoms with E-state index in [1.807, 2.05) is 0 Å². The third-order valence-electron chi connectivity index (χ3n) is 1.73. The lowest BCUT2D eigenvalue weighted by atomic mass is 10.0. The van der Waals surface area contributed by atoms with Gasteiger partial charge in [-0.05, 0) is 24.1 Å². The molecule has 2 nitrogen and oxygen atoms in total. The van der Waals surface area contributed by atoms with Crippen LogP contribution in [0.3, 0.4) is 0 Å². The molecule has 1 aromatic carbocycles. The summed E-state index contributed by atoms with van der Waals surface area (Å²) in [4.78, 5) is 0. The number of phenolic OH excluding ortho intramolecular Hbond substituents is 1. The zero-order valence-corrected chi connectivity index (χ0v) is 7.04. The maximum Gasteiger partial charge on any atom is 0.123 e. The van der Waals surface area contributed by atoms with Gasteiger partial charge in [-0.1, -0.05) is 18.7 Å². The van der Waals surface area contributed by atoms with Crippen LogP contribution in [0.4, 0.5) is 0 Å². The molecule has 64 valence electrons. The molecule has 0 heterocycles. The number of rotatable bonds is 2. The fraction of sp³-hybridized carbons (Fsp3) is 0.200. The van der Waals surface area contributed by atoms with E-state index in [1.54, 1.807) is 25.1 Å². The number of aliphatic hydroxyl groups excluding tert-OH is 1. The normalized spacial score (nSPS) is 9.83. The van der Waals surface area contributed by atoms with Gasteiger partial charge in [0.15, 0.2) is 0 Å². The van der Waals surface area contributed by atoms with Gasteiger partial charge in [-0.2, -0.15) is 0 Å². The number of hydrogen-bond acceptors (Lipinski definition) is 2. The standard InChI is InChI=1S/C10H12O2/c1-7(2)10-8(6-11)4-3-5-9(10)12/h3-5,11-12H,1,6H2,2H3. The predicted octanol–water partition coefficient (Wildman–Crippen LogP) is 1.92. The van der Waals surface area contributed by atoms with Gasteiger partial charge in [-0.15, -0.1) is 0 Å². The molecule has 0 spiro atoms. The van der Waals surface area contributed by atoms with Crippen LogP contribution in [0.5, 0.6) is 5.75 Å². The minimum Gasteiger partial charge on any atom is -0.507 e. The maximum atomic E-state index is 9.42. The quantitative estimate of drug-likeness (QED) is 0.701. The molecule has 0 unspecified atom stereocenters. The summed E-state index contributed by atoms with van der Waals surface area (Å²) in [5.74, 6) is 0.175. The zero-order chi connectivity index (χ0) is 9.14. The van der Waals surface area contributed by atoms with Crippen molar-refractivity contribution in [1.82, 2.24) is 0 Å². The van der Waals surface area contributed by atoms with Gasteiger partial charge in [-0.25, -0.2) is 0 Å². The molecule has 0 radical (unpaired) electrons. The fourth-order valence-electron chi connectivity index (χ4n) is 1.21. The van der Waals surface area contributed by atoms with E-state index in [0.717, 1.165) is 5.57 Å². The Morgan fingerprint density at radius 1 is 1.50 bits per heavy atom. The number of phenols is 1. The molecule has 0 fully saturated rings. The van der Waals surface area contributed by atoms with Gasteiger partial charge >= 0.3 is 0 Å². The monoisotopic (exact) mass is 164 g/mol. The summed E-state index contributed by atoms with van der Waals surface area (Å²) in [7, 11) is 0. The molecule has 0 aromatic heterocycles. The summed E-state index contributed by atoms with van der Waals surface area (Å²) in [6.07, 6.45) is 0. The van der Waals surface area contributed by atoms with Crippen LogP contribution >= 0.6 is 0 Å². The van der Waals surface area contributed by atoms with E-state index in [4.69, 9.17) is 5.11 Å². The molecule has 0 saturated carbocycles. The highest BCUT2D eigenvalue weighted by molar-refractivity contribution is 5.69. The van der Waals surface area contributed by atoms with Gasteiger partial charge in [0.25, 0.3) is 0 Å². The van der Waals surface area contributed by atoms with Crippen LogP contribution in [-0.4, -0.2) is 10.2 Å². The third kappa shape index (κ3) is 1.48. The Kier molecular flexibility index (Phi) is 2.51. The second-order valence-corrected chi connectivity index (χ2v) is 2.75. The fourth-order valence-corrected chi connectivity index (χ4v) is 1.21. The van der Waals surface area contributed by atoms with Crippen molar-refractivity contribution in [3.8, 4) is 5.75 Å². The molecule has 0 bridgehead atoms. The van der Waals surface area contributed by atoms with E-state index in [2.05, 4.69) is 6.58 Å². The van der Waals surface area contributed by atoms with Gasteiger partial charge in [0, 0.05) is 5.56 Å². The molecule has 0 saturated heterocycles. The summed E-state index contributed by atoms with van der Waals surface area (Å²) in [6, 6.07) is 5.06. The van der Waals surface area contributed by atoms with Crippen LogP contribution in [0.15, 0.2) is 24.8 Å². The highest BCUT2D eigenvalue weighted by atomic mass is 16.3. The predicted molar refractivity (Wildman–Crippen MR) is 48.7 cm³/mol. The highest BCUT2D eigenvalue weighted by Crippen LogP contribution is 2.27. The van der Waals surface area contributed by atoms with Gasteiger partial charge in [-0.3, -0.25) is 0 Å². The number of aliphatic hydroxyl groups is 1. The molecule has 0 aliphatic heterocycles. The van der Waals surface area contributed by atoms with E-state index in [-0.39, 0.29) is 12.4 Å². The van der Waals surface area contributed by atoms with Crippen LogP contribution in [0.25, 0.3) is 5.57 Å². The Morgan fingerprint density at radius 2 is 2.17 bits per heavy atom. The van der Waals surface area contributed by atoms with Crippen molar-refractivity contribution >= 4 is 5.57 Å². The number of allylic oxidation sites excluding steroid dienone is 1.